The summed E-state index contributed by atoms with van der Waals surface area (Å²) in [5.74, 6) is 0. The summed E-state index contributed by atoms with van der Waals surface area (Å²) < 4.78 is 0. The highest BCUT2D eigenvalue weighted by Crippen LogP contribution is 2.64. The maximum Gasteiger partial charge on any atom is 0.0722 e. The Hall–Kier alpha value is -7.22. The Balaban J connectivity index is 1.12. The first-order valence-corrected chi connectivity index (χ1v) is 21.6. The van der Waals surface area contributed by atoms with E-state index in [4.69, 9.17) is 0 Å². The molecule has 12 rings (SSSR count). The summed E-state index contributed by atoms with van der Waals surface area (Å²) in [4.78, 5) is 2.43. The molecule has 0 heterocycles. The summed E-state index contributed by atoms with van der Waals surface area (Å²) in [5, 5.41) is 0. The smallest absolute Gasteiger partial charge is 0.0722 e. The molecule has 0 atom stereocenters. The highest BCUT2D eigenvalue weighted by atomic mass is 15.1. The normalized spacial score (nSPS) is 16.3. The Labute approximate surface area is 359 Å². The van der Waals surface area contributed by atoms with Crippen LogP contribution >= 0.6 is 0 Å². The van der Waals surface area contributed by atoms with Crippen LogP contribution in [0.3, 0.4) is 0 Å². The molecule has 8 aromatic carbocycles. The molecular formula is C60H45N. The third-order valence-electron chi connectivity index (χ3n) is 14.6. The molecule has 4 aliphatic rings. The van der Waals surface area contributed by atoms with Gasteiger partial charge in [-0.2, -0.15) is 0 Å². The number of anilines is 2. The largest absolute Gasteiger partial charge is 0.311 e. The summed E-state index contributed by atoms with van der Waals surface area (Å²) in [6.45, 7) is 11.7. The zero-order valence-corrected chi connectivity index (χ0v) is 34.8. The van der Waals surface area contributed by atoms with Crippen LogP contribution in [-0.4, -0.2) is 0 Å². The predicted molar refractivity (Wildman–Crippen MR) is 254 cm³/mol. The van der Waals surface area contributed by atoms with Crippen LogP contribution in [0.25, 0.3) is 27.8 Å². The number of benzene rings is 8. The molecule has 8 aromatic rings. The number of fused-ring (bicyclic) bond motifs is 16. The predicted octanol–water partition coefficient (Wildman–Crippen LogP) is 14.7. The van der Waals surface area contributed by atoms with Gasteiger partial charge in [-0.15, -0.1) is 0 Å². The molecule has 0 bridgehead atoms. The van der Waals surface area contributed by atoms with E-state index in [0.717, 1.165) is 17.1 Å². The van der Waals surface area contributed by atoms with E-state index in [9.17, 15) is 0 Å². The first-order chi connectivity index (χ1) is 29.9. The molecule has 290 valence electrons. The lowest BCUT2D eigenvalue weighted by molar-refractivity contribution is 0.563. The molecular weight excluding hydrogens is 735 g/mol. The van der Waals surface area contributed by atoms with Crippen LogP contribution in [0.4, 0.5) is 11.4 Å². The van der Waals surface area contributed by atoms with E-state index < -0.39 is 10.8 Å². The van der Waals surface area contributed by atoms with Gasteiger partial charge in [-0.25, -0.2) is 0 Å². The van der Waals surface area contributed by atoms with Gasteiger partial charge in [0.2, 0.25) is 0 Å². The fraction of sp³-hybridized carbons (Fsp3) is 0.100. The van der Waals surface area contributed by atoms with Crippen molar-refractivity contribution >= 4 is 16.9 Å². The summed E-state index contributed by atoms with van der Waals surface area (Å²) >= 11 is 0. The van der Waals surface area contributed by atoms with Crippen LogP contribution < -0.4 is 4.90 Å². The quantitative estimate of drug-likeness (QED) is 0.157. The summed E-state index contributed by atoms with van der Waals surface area (Å²) in [5.41, 5.74) is 23.2. The lowest BCUT2D eigenvalue weighted by Gasteiger charge is -2.47. The number of allylic oxidation sites excluding steroid dienone is 4. The standard InChI is InChI=1S/C60H45N/c1-5-40(37-56-39(2)43-23-9-14-28-48(43)59(56)49-29-15-10-24-44(49)45-25-11-16-30-50(45)59)61(41-21-7-6-8-22-41)42-35-36-55-57(38-42)58(3,4)53-33-19-20-34-54(53)60(55)51-31-17-12-26-46(51)47-27-13-18-32-52(47)60/h5-38H,1H2,2-4H3/b40-37+. The van der Waals surface area contributed by atoms with Crippen molar-refractivity contribution in [1.29, 1.82) is 0 Å². The Kier molecular flexibility index (Phi) is 7.54. The second-order valence-electron chi connectivity index (χ2n) is 17.6. The van der Waals surface area contributed by atoms with Crippen molar-refractivity contribution in [2.45, 2.75) is 37.0 Å². The highest BCUT2D eigenvalue weighted by molar-refractivity contribution is 5.96. The topological polar surface area (TPSA) is 3.24 Å². The lowest BCUT2D eigenvalue weighted by atomic mass is 9.55. The van der Waals surface area contributed by atoms with Crippen molar-refractivity contribution in [2.24, 2.45) is 0 Å². The number of nitrogens with zero attached hydrogens (tertiary/aromatic N) is 1. The Morgan fingerprint density at radius 3 is 1.34 bits per heavy atom. The van der Waals surface area contributed by atoms with Gasteiger partial charge in [0, 0.05) is 22.5 Å². The van der Waals surface area contributed by atoms with Gasteiger partial charge < -0.3 is 4.90 Å². The van der Waals surface area contributed by atoms with Crippen LogP contribution in [0, 0.1) is 0 Å². The lowest BCUT2D eigenvalue weighted by Crippen LogP contribution is -2.40. The van der Waals surface area contributed by atoms with Crippen LogP contribution in [0.1, 0.15) is 76.4 Å². The third kappa shape index (κ3) is 4.51. The Bertz CT molecular complexity index is 3120. The molecule has 0 radical (unpaired) electrons. The minimum atomic E-state index is -0.471. The van der Waals surface area contributed by atoms with Crippen molar-refractivity contribution in [2.75, 3.05) is 4.90 Å². The number of para-hydroxylation sites is 1. The van der Waals surface area contributed by atoms with E-state index in [2.05, 4.69) is 239 Å². The molecule has 1 nitrogen and oxygen atoms in total. The van der Waals surface area contributed by atoms with E-state index in [1.54, 1.807) is 0 Å². The Morgan fingerprint density at radius 2 is 0.820 bits per heavy atom. The SMILES string of the molecule is C=C/C(=C\C1=C(C)c2ccccc2C12c1ccccc1-c1ccccc12)N(c1ccccc1)c1ccc2c(c1)C(C)(C)c1ccccc1C21c2ccccc2-c2ccccc21. The zero-order chi connectivity index (χ0) is 41.1. The van der Waals surface area contributed by atoms with Crippen molar-refractivity contribution < 1.29 is 0 Å². The molecule has 1 heteroatoms. The molecule has 0 aromatic heterocycles. The molecule has 4 aliphatic carbocycles. The first-order valence-electron chi connectivity index (χ1n) is 21.6. The maximum absolute atomic E-state index is 4.57. The molecule has 0 N–H and O–H groups in total. The van der Waals surface area contributed by atoms with Crippen molar-refractivity contribution in [1.82, 2.24) is 0 Å². The molecule has 0 aliphatic heterocycles. The summed E-state index contributed by atoms with van der Waals surface area (Å²) in [6.07, 6.45) is 4.50. The van der Waals surface area contributed by atoms with Gasteiger partial charge in [0.1, 0.15) is 0 Å². The van der Waals surface area contributed by atoms with Gasteiger partial charge in [0.05, 0.1) is 10.8 Å². The average Bonchev–Trinajstić information content (AvgIpc) is 3.88. The van der Waals surface area contributed by atoms with Crippen molar-refractivity contribution in [3.05, 3.63) is 280 Å². The van der Waals surface area contributed by atoms with Crippen molar-refractivity contribution in [3.8, 4) is 22.3 Å². The van der Waals surface area contributed by atoms with E-state index in [1.807, 2.05) is 0 Å². The molecule has 0 amide bonds. The molecule has 0 saturated heterocycles. The summed E-state index contributed by atoms with van der Waals surface area (Å²) in [6, 6.07) is 72.6. The molecule has 61 heavy (non-hydrogen) atoms. The van der Waals surface area contributed by atoms with E-state index >= 15 is 0 Å². The third-order valence-corrected chi connectivity index (χ3v) is 14.6. The minimum absolute atomic E-state index is 0.284. The second kappa shape index (κ2) is 12.9. The maximum atomic E-state index is 4.57. The zero-order valence-electron chi connectivity index (χ0n) is 34.8. The molecule has 0 unspecified atom stereocenters. The average molecular weight is 780 g/mol. The van der Waals surface area contributed by atoms with Crippen LogP contribution in [0.2, 0.25) is 0 Å². The molecule has 2 spiro atoms. The van der Waals surface area contributed by atoms with Crippen LogP contribution in [-0.2, 0) is 16.2 Å². The van der Waals surface area contributed by atoms with E-state index in [0.29, 0.717) is 0 Å². The van der Waals surface area contributed by atoms with Crippen LogP contribution in [0.5, 0.6) is 0 Å². The molecule has 0 saturated carbocycles. The fourth-order valence-electron chi connectivity index (χ4n) is 12.1. The van der Waals surface area contributed by atoms with E-state index in [-0.39, 0.29) is 5.41 Å². The number of hydrogen-bond acceptors (Lipinski definition) is 1. The summed E-state index contributed by atoms with van der Waals surface area (Å²) in [7, 11) is 0. The Morgan fingerprint density at radius 1 is 0.410 bits per heavy atom. The monoisotopic (exact) mass is 779 g/mol. The highest BCUT2D eigenvalue weighted by Gasteiger charge is 2.54. The van der Waals surface area contributed by atoms with Crippen LogP contribution in [0.15, 0.2) is 224 Å². The second-order valence-corrected chi connectivity index (χ2v) is 17.6. The van der Waals surface area contributed by atoms with Gasteiger partial charge in [-0.3, -0.25) is 0 Å². The van der Waals surface area contributed by atoms with E-state index in [1.165, 1.54) is 89.0 Å². The van der Waals surface area contributed by atoms with Gasteiger partial charge >= 0.3 is 0 Å². The number of rotatable bonds is 5. The number of hydrogen-bond donors (Lipinski definition) is 0. The molecule has 0 fully saturated rings. The fourth-order valence-corrected chi connectivity index (χ4v) is 12.1. The van der Waals surface area contributed by atoms with Gasteiger partial charge in [-0.1, -0.05) is 190 Å². The van der Waals surface area contributed by atoms with Gasteiger partial charge in [0.15, 0.2) is 0 Å². The van der Waals surface area contributed by atoms with Gasteiger partial charge in [0.25, 0.3) is 0 Å². The minimum Gasteiger partial charge on any atom is -0.311 e. The van der Waals surface area contributed by atoms with Gasteiger partial charge in [-0.05, 0) is 132 Å². The first kappa shape index (κ1) is 35.7. The van der Waals surface area contributed by atoms with Crippen molar-refractivity contribution in [3.63, 3.8) is 0 Å².